The first-order valence-electron chi connectivity index (χ1n) is 6.78. The predicted molar refractivity (Wildman–Crippen MR) is 93.2 cm³/mol. The van der Waals surface area contributed by atoms with Crippen molar-refractivity contribution in [3.8, 4) is 22.3 Å². The Morgan fingerprint density at radius 1 is 0.500 bits per heavy atom. The van der Waals surface area contributed by atoms with Crippen molar-refractivity contribution < 1.29 is 0 Å². The molecule has 0 radical (unpaired) electrons. The van der Waals surface area contributed by atoms with Crippen LogP contribution in [0.25, 0.3) is 22.3 Å². The van der Waals surface area contributed by atoms with Crippen molar-refractivity contribution in [2.45, 2.75) is 3.92 Å². The molecule has 1 aliphatic carbocycles. The Bertz CT molecular complexity index is 723. The summed E-state index contributed by atoms with van der Waals surface area (Å²) in [6.07, 6.45) is 0. The van der Waals surface area contributed by atoms with E-state index in [1.165, 1.54) is 33.4 Å². The quantitative estimate of drug-likeness (QED) is 0.345. The van der Waals surface area contributed by atoms with Gasteiger partial charge in [0.1, 0.15) is 0 Å². The van der Waals surface area contributed by atoms with Crippen LogP contribution in [0.1, 0.15) is 15.1 Å². The van der Waals surface area contributed by atoms with Gasteiger partial charge in [0, 0.05) is 0 Å². The zero-order chi connectivity index (χ0) is 13.5. The Morgan fingerprint density at radius 2 is 0.850 bits per heavy atom. The number of halogens is 1. The second-order valence-corrected chi connectivity index (χ2v) is 6.33. The molecule has 20 heavy (non-hydrogen) atoms. The van der Waals surface area contributed by atoms with Crippen LogP contribution in [0.15, 0.2) is 72.8 Å². The summed E-state index contributed by atoms with van der Waals surface area (Å²) in [4.78, 5) is 0. The second-order valence-electron chi connectivity index (χ2n) is 5.08. The van der Waals surface area contributed by atoms with Crippen LogP contribution in [0.2, 0.25) is 0 Å². The minimum Gasteiger partial charge on any atom is -0.0721 e. The Labute approximate surface area is 132 Å². The highest BCUT2D eigenvalue weighted by Crippen LogP contribution is 2.47. The van der Waals surface area contributed by atoms with Gasteiger partial charge in [-0.15, -0.1) is 0 Å². The van der Waals surface area contributed by atoms with Crippen molar-refractivity contribution >= 4 is 22.6 Å². The highest BCUT2D eigenvalue weighted by Gasteiger charge is 2.24. The first kappa shape index (κ1) is 12.2. The molecule has 96 valence electrons. The molecular formula is C19H13I. The molecule has 0 nitrogen and oxygen atoms in total. The van der Waals surface area contributed by atoms with E-state index in [9.17, 15) is 0 Å². The summed E-state index contributed by atoms with van der Waals surface area (Å²) < 4.78 is 0.396. The van der Waals surface area contributed by atoms with Crippen LogP contribution in [0.4, 0.5) is 0 Å². The minimum atomic E-state index is 0.396. The zero-order valence-corrected chi connectivity index (χ0v) is 13.0. The summed E-state index contributed by atoms with van der Waals surface area (Å²) in [5.74, 6) is 0. The molecular weight excluding hydrogens is 355 g/mol. The van der Waals surface area contributed by atoms with Crippen molar-refractivity contribution in [3.05, 3.63) is 83.9 Å². The van der Waals surface area contributed by atoms with Crippen LogP contribution < -0.4 is 0 Å². The molecule has 3 aromatic rings. The average molecular weight is 368 g/mol. The molecule has 0 unspecified atom stereocenters. The van der Waals surface area contributed by atoms with Gasteiger partial charge in [-0.3, -0.25) is 0 Å². The molecule has 0 aromatic heterocycles. The van der Waals surface area contributed by atoms with E-state index in [1.807, 2.05) is 0 Å². The molecule has 0 bridgehead atoms. The summed E-state index contributed by atoms with van der Waals surface area (Å²) >= 11 is 2.56. The van der Waals surface area contributed by atoms with E-state index in [2.05, 4.69) is 95.4 Å². The zero-order valence-electron chi connectivity index (χ0n) is 10.9. The highest BCUT2D eigenvalue weighted by molar-refractivity contribution is 14.1. The molecule has 0 spiro atoms. The lowest BCUT2D eigenvalue weighted by atomic mass is 9.95. The molecule has 3 aromatic carbocycles. The molecule has 0 N–H and O–H groups in total. The van der Waals surface area contributed by atoms with Crippen molar-refractivity contribution in [1.82, 2.24) is 0 Å². The van der Waals surface area contributed by atoms with Crippen LogP contribution >= 0.6 is 22.6 Å². The minimum absolute atomic E-state index is 0.396. The maximum Gasteiger partial charge on any atom is 0.0620 e. The van der Waals surface area contributed by atoms with E-state index in [4.69, 9.17) is 0 Å². The first-order valence-corrected chi connectivity index (χ1v) is 8.02. The van der Waals surface area contributed by atoms with Crippen molar-refractivity contribution in [2.75, 3.05) is 0 Å². The fourth-order valence-corrected chi connectivity index (χ4v) is 4.13. The lowest BCUT2D eigenvalue weighted by Gasteiger charge is -2.13. The summed E-state index contributed by atoms with van der Waals surface area (Å²) in [6, 6.07) is 26.3. The number of rotatable bonds is 0. The third-order valence-corrected chi connectivity index (χ3v) is 5.32. The number of alkyl halides is 1. The molecule has 0 aliphatic heterocycles. The first-order chi connectivity index (χ1) is 9.86. The third kappa shape index (κ3) is 1.73. The van der Waals surface area contributed by atoms with E-state index >= 15 is 0 Å². The van der Waals surface area contributed by atoms with Crippen molar-refractivity contribution in [2.24, 2.45) is 0 Å². The van der Waals surface area contributed by atoms with Gasteiger partial charge in [0.05, 0.1) is 3.92 Å². The molecule has 0 fully saturated rings. The third-order valence-electron chi connectivity index (χ3n) is 3.98. The van der Waals surface area contributed by atoms with Gasteiger partial charge in [0.15, 0.2) is 0 Å². The Hall–Kier alpha value is -1.61. The fraction of sp³-hybridized carbons (Fsp3) is 0.0526. The molecule has 1 aliphatic rings. The molecule has 0 saturated heterocycles. The monoisotopic (exact) mass is 368 g/mol. The van der Waals surface area contributed by atoms with E-state index in [-0.39, 0.29) is 0 Å². The van der Waals surface area contributed by atoms with Gasteiger partial charge in [-0.05, 0) is 33.4 Å². The summed E-state index contributed by atoms with van der Waals surface area (Å²) in [7, 11) is 0. The van der Waals surface area contributed by atoms with Crippen LogP contribution in [0.5, 0.6) is 0 Å². The maximum atomic E-state index is 2.56. The number of fused-ring (bicyclic) bond motifs is 5. The second kappa shape index (κ2) is 4.74. The Balaban J connectivity index is 2.17. The van der Waals surface area contributed by atoms with Crippen LogP contribution in [-0.4, -0.2) is 0 Å². The summed E-state index contributed by atoms with van der Waals surface area (Å²) in [5.41, 5.74) is 8.22. The summed E-state index contributed by atoms with van der Waals surface area (Å²) in [5, 5.41) is 0. The van der Waals surface area contributed by atoms with Crippen LogP contribution in [0, 0.1) is 0 Å². The lowest BCUT2D eigenvalue weighted by Crippen LogP contribution is -1.93. The van der Waals surface area contributed by atoms with E-state index in [0.29, 0.717) is 3.92 Å². The van der Waals surface area contributed by atoms with Crippen LogP contribution in [-0.2, 0) is 0 Å². The Morgan fingerprint density at radius 3 is 1.30 bits per heavy atom. The van der Waals surface area contributed by atoms with E-state index < -0.39 is 0 Å². The van der Waals surface area contributed by atoms with E-state index in [0.717, 1.165) is 0 Å². The van der Waals surface area contributed by atoms with Gasteiger partial charge in [-0.25, -0.2) is 0 Å². The smallest absolute Gasteiger partial charge is 0.0620 e. The SMILES string of the molecule is IC1c2ccccc2-c2ccccc2-c2ccccc21. The van der Waals surface area contributed by atoms with Crippen LogP contribution in [0.3, 0.4) is 0 Å². The topological polar surface area (TPSA) is 0 Å². The van der Waals surface area contributed by atoms with E-state index in [1.54, 1.807) is 0 Å². The van der Waals surface area contributed by atoms with Gasteiger partial charge in [-0.1, -0.05) is 95.4 Å². The average Bonchev–Trinajstić information content (AvgIpc) is 2.64. The number of benzene rings is 3. The van der Waals surface area contributed by atoms with Gasteiger partial charge >= 0.3 is 0 Å². The summed E-state index contributed by atoms with van der Waals surface area (Å²) in [6.45, 7) is 0. The molecule has 0 atom stereocenters. The highest BCUT2D eigenvalue weighted by atomic mass is 127. The number of hydrogen-bond acceptors (Lipinski definition) is 0. The number of hydrogen-bond donors (Lipinski definition) is 0. The molecule has 4 rings (SSSR count). The van der Waals surface area contributed by atoms with Gasteiger partial charge in [-0.2, -0.15) is 0 Å². The van der Waals surface area contributed by atoms with Gasteiger partial charge in [0.2, 0.25) is 0 Å². The molecule has 1 heteroatoms. The molecule has 0 heterocycles. The normalized spacial score (nSPS) is 13.1. The standard InChI is InChI=1S/C19H13I/c20-19-17-11-5-3-9-15(17)13-7-1-2-8-14(13)16-10-4-6-12-18(16)19/h1-12,19H. The largest absolute Gasteiger partial charge is 0.0721 e. The predicted octanol–water partition coefficient (Wildman–Crippen LogP) is 5.86. The molecule has 0 amide bonds. The Kier molecular flexibility index (Phi) is 2.88. The van der Waals surface area contributed by atoms with Crippen molar-refractivity contribution in [1.29, 1.82) is 0 Å². The van der Waals surface area contributed by atoms with Crippen molar-refractivity contribution in [3.63, 3.8) is 0 Å². The molecule has 0 saturated carbocycles. The lowest BCUT2D eigenvalue weighted by molar-refractivity contribution is 1.22. The fourth-order valence-electron chi connectivity index (χ4n) is 3.05. The van der Waals surface area contributed by atoms with Gasteiger partial charge in [0.25, 0.3) is 0 Å². The maximum absolute atomic E-state index is 2.56. The van der Waals surface area contributed by atoms with Gasteiger partial charge < -0.3 is 0 Å².